The maximum atomic E-state index is 8.78. The van der Waals surface area contributed by atoms with Gasteiger partial charge in [-0.3, -0.25) is 0 Å². The lowest BCUT2D eigenvalue weighted by Gasteiger charge is -2.19. The molecule has 2 rings (SSSR count). The van der Waals surface area contributed by atoms with E-state index in [9.17, 15) is 0 Å². The standard InChI is InChI=1S/C12H19NO2S/c1-9-12(10-5-2-3-8-16-10)13-11(15-9)6-4-7-14/h10,14H,2-8H2,1H3. The van der Waals surface area contributed by atoms with Gasteiger partial charge in [0.25, 0.3) is 0 Å². The molecule has 1 saturated heterocycles. The Labute approximate surface area is 101 Å². The fourth-order valence-corrected chi connectivity index (χ4v) is 3.42. The molecule has 2 heterocycles. The molecule has 90 valence electrons. The third-order valence-corrected chi connectivity index (χ3v) is 4.30. The van der Waals surface area contributed by atoms with E-state index in [0.29, 0.717) is 5.25 Å². The molecule has 0 saturated carbocycles. The van der Waals surface area contributed by atoms with Gasteiger partial charge in [0.15, 0.2) is 5.89 Å². The van der Waals surface area contributed by atoms with E-state index < -0.39 is 0 Å². The van der Waals surface area contributed by atoms with Crippen LogP contribution in [0.5, 0.6) is 0 Å². The third-order valence-electron chi connectivity index (χ3n) is 2.91. The quantitative estimate of drug-likeness (QED) is 0.880. The van der Waals surface area contributed by atoms with Crippen LogP contribution in [0, 0.1) is 6.92 Å². The molecule has 16 heavy (non-hydrogen) atoms. The fourth-order valence-electron chi connectivity index (χ4n) is 2.06. The van der Waals surface area contributed by atoms with Crippen molar-refractivity contribution in [2.75, 3.05) is 12.4 Å². The van der Waals surface area contributed by atoms with Gasteiger partial charge in [-0.1, -0.05) is 6.42 Å². The zero-order valence-electron chi connectivity index (χ0n) is 9.74. The molecule has 3 nitrogen and oxygen atoms in total. The van der Waals surface area contributed by atoms with Crippen molar-refractivity contribution < 1.29 is 9.52 Å². The van der Waals surface area contributed by atoms with E-state index in [0.717, 1.165) is 30.2 Å². The van der Waals surface area contributed by atoms with E-state index in [2.05, 4.69) is 4.98 Å². The molecule has 0 radical (unpaired) electrons. The van der Waals surface area contributed by atoms with Gasteiger partial charge in [0.05, 0.1) is 10.9 Å². The Hall–Kier alpha value is -0.480. The number of hydrogen-bond donors (Lipinski definition) is 1. The van der Waals surface area contributed by atoms with Crippen LogP contribution in [-0.2, 0) is 6.42 Å². The van der Waals surface area contributed by atoms with Crippen molar-refractivity contribution in [2.45, 2.75) is 44.3 Å². The number of hydrogen-bond acceptors (Lipinski definition) is 4. The largest absolute Gasteiger partial charge is 0.446 e. The first-order valence-corrected chi connectivity index (χ1v) is 7.05. The van der Waals surface area contributed by atoms with Crippen molar-refractivity contribution in [3.63, 3.8) is 0 Å². The molecular weight excluding hydrogens is 222 g/mol. The van der Waals surface area contributed by atoms with Crippen LogP contribution in [0.15, 0.2) is 4.42 Å². The summed E-state index contributed by atoms with van der Waals surface area (Å²) in [6, 6.07) is 0. The Kier molecular flexibility index (Phi) is 4.29. The van der Waals surface area contributed by atoms with Crippen molar-refractivity contribution in [1.29, 1.82) is 0 Å². The molecule has 4 heteroatoms. The number of aromatic nitrogens is 1. The highest BCUT2D eigenvalue weighted by Crippen LogP contribution is 2.39. The van der Waals surface area contributed by atoms with Gasteiger partial charge in [0.1, 0.15) is 5.76 Å². The maximum Gasteiger partial charge on any atom is 0.194 e. The van der Waals surface area contributed by atoms with Crippen LogP contribution >= 0.6 is 11.8 Å². The van der Waals surface area contributed by atoms with Crippen LogP contribution in [-0.4, -0.2) is 22.5 Å². The highest BCUT2D eigenvalue weighted by atomic mass is 32.2. The normalized spacial score (nSPS) is 21.2. The second kappa shape index (κ2) is 5.73. The summed E-state index contributed by atoms with van der Waals surface area (Å²) >= 11 is 2.00. The molecule has 1 unspecified atom stereocenters. The summed E-state index contributed by atoms with van der Waals surface area (Å²) in [6.07, 6.45) is 5.33. The molecule has 0 spiro atoms. The SMILES string of the molecule is Cc1oc(CCCO)nc1C1CCCCS1. The summed E-state index contributed by atoms with van der Waals surface area (Å²) in [5, 5.41) is 9.31. The smallest absolute Gasteiger partial charge is 0.194 e. The summed E-state index contributed by atoms with van der Waals surface area (Å²) in [4.78, 5) is 4.57. The van der Waals surface area contributed by atoms with E-state index in [1.54, 1.807) is 0 Å². The molecule has 1 aliphatic rings. The number of aliphatic hydroxyl groups excluding tert-OH is 1. The molecule has 0 bridgehead atoms. The van der Waals surface area contributed by atoms with Gasteiger partial charge in [-0.2, -0.15) is 11.8 Å². The Morgan fingerprint density at radius 2 is 2.38 bits per heavy atom. The van der Waals surface area contributed by atoms with E-state index in [1.165, 1.54) is 25.0 Å². The van der Waals surface area contributed by atoms with Crippen molar-refractivity contribution in [1.82, 2.24) is 4.98 Å². The van der Waals surface area contributed by atoms with Crippen LogP contribution in [0.25, 0.3) is 0 Å². The summed E-state index contributed by atoms with van der Waals surface area (Å²) in [7, 11) is 0. The monoisotopic (exact) mass is 241 g/mol. The molecule has 1 aliphatic heterocycles. The number of thioether (sulfide) groups is 1. The fraction of sp³-hybridized carbons (Fsp3) is 0.750. The lowest BCUT2D eigenvalue weighted by Crippen LogP contribution is -2.04. The highest BCUT2D eigenvalue weighted by molar-refractivity contribution is 7.99. The first kappa shape index (κ1) is 12.0. The zero-order chi connectivity index (χ0) is 11.4. The molecule has 1 aromatic heterocycles. The Morgan fingerprint density at radius 3 is 3.06 bits per heavy atom. The lowest BCUT2D eigenvalue weighted by atomic mass is 10.1. The van der Waals surface area contributed by atoms with Crippen LogP contribution in [0.2, 0.25) is 0 Å². The lowest BCUT2D eigenvalue weighted by molar-refractivity contribution is 0.282. The van der Waals surface area contributed by atoms with Gasteiger partial charge >= 0.3 is 0 Å². The average molecular weight is 241 g/mol. The minimum atomic E-state index is 0.203. The minimum absolute atomic E-state index is 0.203. The molecule has 1 N–H and O–H groups in total. The molecule has 0 amide bonds. The average Bonchev–Trinajstić information content (AvgIpc) is 2.69. The number of oxazole rings is 1. The van der Waals surface area contributed by atoms with Crippen molar-refractivity contribution in [2.24, 2.45) is 0 Å². The number of aryl methyl sites for hydroxylation is 2. The predicted octanol–water partition coefficient (Wildman–Crippen LogP) is 2.87. The molecule has 1 atom stereocenters. The Bertz CT molecular complexity index is 332. The predicted molar refractivity (Wildman–Crippen MR) is 65.7 cm³/mol. The van der Waals surface area contributed by atoms with E-state index in [4.69, 9.17) is 9.52 Å². The molecular formula is C12H19NO2S. The first-order valence-electron chi connectivity index (χ1n) is 6.00. The van der Waals surface area contributed by atoms with Crippen LogP contribution in [0.1, 0.15) is 48.3 Å². The summed E-state index contributed by atoms with van der Waals surface area (Å²) < 4.78 is 5.63. The topological polar surface area (TPSA) is 46.3 Å². The second-order valence-corrected chi connectivity index (χ2v) is 5.54. The summed E-state index contributed by atoms with van der Waals surface area (Å²) in [5.41, 5.74) is 1.14. The summed E-state index contributed by atoms with van der Waals surface area (Å²) in [6.45, 7) is 2.20. The van der Waals surface area contributed by atoms with Crippen molar-refractivity contribution in [3.8, 4) is 0 Å². The third kappa shape index (κ3) is 2.80. The number of rotatable bonds is 4. The van der Waals surface area contributed by atoms with Gasteiger partial charge in [-0.05, 0) is 31.9 Å². The van der Waals surface area contributed by atoms with Crippen LogP contribution in [0.3, 0.4) is 0 Å². The number of aliphatic hydroxyl groups is 1. The molecule has 1 aromatic rings. The first-order chi connectivity index (χ1) is 7.81. The van der Waals surface area contributed by atoms with Gasteiger partial charge < -0.3 is 9.52 Å². The van der Waals surface area contributed by atoms with Crippen molar-refractivity contribution >= 4 is 11.8 Å². The summed E-state index contributed by atoms with van der Waals surface area (Å²) in [5.74, 6) is 2.99. The molecule has 0 aromatic carbocycles. The minimum Gasteiger partial charge on any atom is -0.446 e. The Balaban J connectivity index is 2.04. The zero-order valence-corrected chi connectivity index (χ0v) is 10.6. The number of nitrogens with zero attached hydrogens (tertiary/aromatic N) is 1. The van der Waals surface area contributed by atoms with Crippen LogP contribution in [0.4, 0.5) is 0 Å². The van der Waals surface area contributed by atoms with Gasteiger partial charge in [0.2, 0.25) is 0 Å². The maximum absolute atomic E-state index is 8.78. The van der Waals surface area contributed by atoms with Crippen LogP contribution < -0.4 is 0 Å². The highest BCUT2D eigenvalue weighted by Gasteiger charge is 2.22. The van der Waals surface area contributed by atoms with E-state index >= 15 is 0 Å². The Morgan fingerprint density at radius 1 is 1.50 bits per heavy atom. The molecule has 1 fully saturated rings. The van der Waals surface area contributed by atoms with E-state index in [-0.39, 0.29) is 6.61 Å². The van der Waals surface area contributed by atoms with Gasteiger partial charge in [-0.15, -0.1) is 0 Å². The van der Waals surface area contributed by atoms with Gasteiger partial charge in [0, 0.05) is 13.0 Å². The van der Waals surface area contributed by atoms with E-state index in [1.807, 2.05) is 18.7 Å². The van der Waals surface area contributed by atoms with Crippen molar-refractivity contribution in [3.05, 3.63) is 17.3 Å². The van der Waals surface area contributed by atoms with Gasteiger partial charge in [-0.25, -0.2) is 4.98 Å². The molecule has 0 aliphatic carbocycles. The second-order valence-electron chi connectivity index (χ2n) is 4.23.